The van der Waals surface area contributed by atoms with E-state index in [2.05, 4.69) is 30.1 Å². The maximum absolute atomic E-state index is 4.35. The van der Waals surface area contributed by atoms with Crippen molar-refractivity contribution < 1.29 is 21.1 Å². The van der Waals surface area contributed by atoms with E-state index in [0.717, 1.165) is 11.3 Å². The molecule has 0 aliphatic rings. The summed E-state index contributed by atoms with van der Waals surface area (Å²) in [5, 5.41) is 0. The predicted molar refractivity (Wildman–Crippen MR) is 58.0 cm³/mol. The molecule has 80 valence electrons. The molecule has 0 saturated carbocycles. The van der Waals surface area contributed by atoms with Gasteiger partial charge in [-0.3, -0.25) is 0 Å². The Bertz CT molecular complexity index is 374. The molecular formula is C13H12NPt-. The second kappa shape index (κ2) is 5.23. The second-order valence-corrected chi connectivity index (χ2v) is 3.50. The van der Waals surface area contributed by atoms with Crippen molar-refractivity contribution in [2.24, 2.45) is 0 Å². The van der Waals surface area contributed by atoms with Gasteiger partial charge in [0.15, 0.2) is 0 Å². The van der Waals surface area contributed by atoms with Crippen molar-refractivity contribution in [1.29, 1.82) is 0 Å². The normalized spacial score (nSPS) is 9.47. The van der Waals surface area contributed by atoms with E-state index < -0.39 is 0 Å². The fourth-order valence-electron chi connectivity index (χ4n) is 1.29. The van der Waals surface area contributed by atoms with Crippen LogP contribution in [-0.2, 0) is 21.1 Å². The molecule has 2 aromatic rings. The number of aromatic nitrogens is 1. The molecule has 0 unspecified atom stereocenters. The third-order valence-corrected chi connectivity index (χ3v) is 2.16. The minimum Gasteiger partial charge on any atom is -0.304 e. The minimum absolute atomic E-state index is 0. The van der Waals surface area contributed by atoms with E-state index in [1.165, 1.54) is 11.1 Å². The fraction of sp³-hybridized carbons (Fsp3) is 0.154. The van der Waals surface area contributed by atoms with Gasteiger partial charge in [0.25, 0.3) is 0 Å². The zero-order valence-electron chi connectivity index (χ0n) is 8.73. The summed E-state index contributed by atoms with van der Waals surface area (Å²) in [4.78, 5) is 4.35. The van der Waals surface area contributed by atoms with Crippen LogP contribution < -0.4 is 0 Å². The van der Waals surface area contributed by atoms with E-state index in [1.807, 2.05) is 31.3 Å². The molecule has 1 nitrogen and oxygen atoms in total. The van der Waals surface area contributed by atoms with Crippen LogP contribution in [0.15, 0.2) is 36.5 Å². The topological polar surface area (TPSA) is 12.9 Å². The Hall–Kier alpha value is -0.942. The van der Waals surface area contributed by atoms with Gasteiger partial charge in [0.05, 0.1) is 0 Å². The van der Waals surface area contributed by atoms with Gasteiger partial charge in [0, 0.05) is 27.3 Å². The summed E-state index contributed by atoms with van der Waals surface area (Å²) >= 11 is 0. The van der Waals surface area contributed by atoms with E-state index in [-0.39, 0.29) is 21.1 Å². The maximum Gasteiger partial charge on any atom is 0.0190 e. The molecule has 2 rings (SSSR count). The first-order valence-electron chi connectivity index (χ1n) is 4.67. The van der Waals surface area contributed by atoms with E-state index in [0.29, 0.717) is 0 Å². The molecule has 0 spiro atoms. The summed E-state index contributed by atoms with van der Waals surface area (Å²) in [5.74, 6) is 0. The SMILES string of the molecule is Cc1c[c-]c(-c2ccc(C)cn2)cc1.[Pt]. The molecule has 1 aromatic carbocycles. The molecule has 0 amide bonds. The summed E-state index contributed by atoms with van der Waals surface area (Å²) in [7, 11) is 0. The number of aryl methyl sites for hydroxylation is 2. The standard InChI is InChI=1S/C13H12N.Pt/c1-10-3-6-12(7-4-10)13-8-5-11(2)9-14-13;/h3-6,8-9H,1-2H3;/q-1;. The molecule has 0 atom stereocenters. The van der Waals surface area contributed by atoms with Gasteiger partial charge < -0.3 is 4.98 Å². The molecule has 0 saturated heterocycles. The zero-order valence-corrected chi connectivity index (χ0v) is 11.0. The number of hydrogen-bond acceptors (Lipinski definition) is 1. The van der Waals surface area contributed by atoms with Gasteiger partial charge in [0.2, 0.25) is 0 Å². The molecular weight excluding hydrogens is 365 g/mol. The van der Waals surface area contributed by atoms with Gasteiger partial charge in [-0.1, -0.05) is 19.1 Å². The maximum atomic E-state index is 4.35. The molecule has 0 bridgehead atoms. The molecule has 0 fully saturated rings. The molecule has 0 N–H and O–H groups in total. The van der Waals surface area contributed by atoms with Crippen molar-refractivity contribution in [3.8, 4) is 11.3 Å². The van der Waals surface area contributed by atoms with Gasteiger partial charge in [-0.25, -0.2) is 0 Å². The third kappa shape index (κ3) is 3.00. The number of rotatable bonds is 1. The summed E-state index contributed by atoms with van der Waals surface area (Å²) in [6, 6.07) is 13.4. The number of hydrogen-bond donors (Lipinski definition) is 0. The molecule has 1 aromatic heterocycles. The Labute approximate surface area is 105 Å². The second-order valence-electron chi connectivity index (χ2n) is 3.50. The molecule has 0 aliphatic heterocycles. The Morgan fingerprint density at radius 2 is 1.73 bits per heavy atom. The molecule has 1 heterocycles. The zero-order chi connectivity index (χ0) is 9.97. The van der Waals surface area contributed by atoms with Crippen LogP contribution in [0.2, 0.25) is 0 Å². The molecule has 0 aliphatic carbocycles. The summed E-state index contributed by atoms with van der Waals surface area (Å²) < 4.78 is 0. The van der Waals surface area contributed by atoms with E-state index in [1.54, 1.807) is 0 Å². The first-order chi connectivity index (χ1) is 6.75. The van der Waals surface area contributed by atoms with Crippen LogP contribution in [-0.4, -0.2) is 4.98 Å². The van der Waals surface area contributed by atoms with Crippen LogP contribution in [0.3, 0.4) is 0 Å². The Morgan fingerprint density at radius 3 is 2.27 bits per heavy atom. The van der Waals surface area contributed by atoms with Crippen LogP contribution in [0.1, 0.15) is 11.1 Å². The van der Waals surface area contributed by atoms with E-state index in [9.17, 15) is 0 Å². The monoisotopic (exact) mass is 377 g/mol. The van der Waals surface area contributed by atoms with Gasteiger partial charge in [0.1, 0.15) is 0 Å². The Kier molecular flexibility index (Phi) is 4.23. The van der Waals surface area contributed by atoms with Crippen LogP contribution in [0, 0.1) is 19.9 Å². The summed E-state index contributed by atoms with van der Waals surface area (Å²) in [6.07, 6.45) is 1.88. The van der Waals surface area contributed by atoms with Crippen LogP contribution in [0.4, 0.5) is 0 Å². The van der Waals surface area contributed by atoms with Crippen molar-refractivity contribution in [2.75, 3.05) is 0 Å². The summed E-state index contributed by atoms with van der Waals surface area (Å²) in [6.45, 7) is 4.10. The average Bonchev–Trinajstić information content (AvgIpc) is 2.21. The van der Waals surface area contributed by atoms with Gasteiger partial charge in [-0.05, 0) is 18.2 Å². The fourth-order valence-corrected chi connectivity index (χ4v) is 1.29. The number of nitrogens with zero attached hydrogens (tertiary/aromatic N) is 1. The van der Waals surface area contributed by atoms with Crippen LogP contribution in [0.5, 0.6) is 0 Å². The minimum atomic E-state index is 0. The largest absolute Gasteiger partial charge is 0.304 e. The average molecular weight is 377 g/mol. The first-order valence-corrected chi connectivity index (χ1v) is 4.67. The van der Waals surface area contributed by atoms with E-state index >= 15 is 0 Å². The van der Waals surface area contributed by atoms with E-state index in [4.69, 9.17) is 0 Å². The van der Waals surface area contributed by atoms with Crippen molar-refractivity contribution in [1.82, 2.24) is 4.98 Å². The number of pyridine rings is 1. The van der Waals surface area contributed by atoms with Crippen LogP contribution >= 0.6 is 0 Å². The molecule has 15 heavy (non-hydrogen) atoms. The molecule has 0 radical (unpaired) electrons. The van der Waals surface area contributed by atoms with Gasteiger partial charge in [-0.15, -0.1) is 35.4 Å². The third-order valence-electron chi connectivity index (χ3n) is 2.16. The van der Waals surface area contributed by atoms with Crippen LogP contribution in [0.25, 0.3) is 11.3 Å². The van der Waals surface area contributed by atoms with Crippen molar-refractivity contribution in [3.05, 3.63) is 53.7 Å². The quantitative estimate of drug-likeness (QED) is 0.696. The van der Waals surface area contributed by atoms with Gasteiger partial charge >= 0.3 is 0 Å². The van der Waals surface area contributed by atoms with Crippen molar-refractivity contribution in [2.45, 2.75) is 13.8 Å². The first kappa shape index (κ1) is 12.1. The summed E-state index contributed by atoms with van der Waals surface area (Å²) in [5.41, 5.74) is 4.44. The smallest absolute Gasteiger partial charge is 0.0190 e. The van der Waals surface area contributed by atoms with Crippen molar-refractivity contribution in [3.63, 3.8) is 0 Å². The Balaban J connectivity index is 0.00000112. The number of benzene rings is 1. The Morgan fingerprint density at radius 1 is 1.00 bits per heavy atom. The molecule has 2 heteroatoms. The van der Waals surface area contributed by atoms with Gasteiger partial charge in [-0.2, -0.15) is 0 Å². The predicted octanol–water partition coefficient (Wildman–Crippen LogP) is 3.16. The van der Waals surface area contributed by atoms with Crippen molar-refractivity contribution >= 4 is 0 Å².